The summed E-state index contributed by atoms with van der Waals surface area (Å²) in [6.07, 6.45) is 3.51. The lowest BCUT2D eigenvalue weighted by atomic mass is 10.0. The second-order valence-corrected chi connectivity index (χ2v) is 6.05. The highest BCUT2D eigenvalue weighted by molar-refractivity contribution is 9.10. The topological polar surface area (TPSA) is 47.6 Å². The minimum absolute atomic E-state index is 0.113. The second-order valence-electron chi connectivity index (χ2n) is 5.19. The number of ether oxygens (including phenoxy) is 2. The van der Waals surface area contributed by atoms with Gasteiger partial charge >= 0.3 is 0 Å². The van der Waals surface area contributed by atoms with E-state index in [0.29, 0.717) is 23.7 Å². The Morgan fingerprint density at radius 2 is 2.08 bits per heavy atom. The summed E-state index contributed by atoms with van der Waals surface area (Å²) in [5.74, 6) is 1.08. The fraction of sp³-hybridized carbons (Fsp3) is 0.105. The summed E-state index contributed by atoms with van der Waals surface area (Å²) < 4.78 is 11.8. The van der Waals surface area contributed by atoms with Crippen LogP contribution in [0.1, 0.15) is 11.1 Å². The maximum Gasteiger partial charge on any atom is 0.256 e. The van der Waals surface area contributed by atoms with Crippen LogP contribution in [0.15, 0.2) is 53.5 Å². The molecule has 1 heterocycles. The van der Waals surface area contributed by atoms with Gasteiger partial charge < -0.3 is 14.8 Å². The van der Waals surface area contributed by atoms with Gasteiger partial charge in [0.25, 0.3) is 5.91 Å². The summed E-state index contributed by atoms with van der Waals surface area (Å²) in [5.41, 5.74) is 3.18. The Hall–Kier alpha value is -2.53. The average molecular weight is 386 g/mol. The number of amides is 1. The normalized spacial score (nSPS) is 14.2. The molecule has 0 saturated heterocycles. The van der Waals surface area contributed by atoms with Crippen molar-refractivity contribution in [1.82, 2.24) is 0 Å². The predicted molar refractivity (Wildman–Crippen MR) is 99.3 cm³/mol. The molecule has 0 radical (unpaired) electrons. The van der Waals surface area contributed by atoms with Gasteiger partial charge in [-0.2, -0.15) is 0 Å². The van der Waals surface area contributed by atoms with Crippen LogP contribution in [0, 0.1) is 0 Å². The number of carbonyl (C=O) groups is 1. The van der Waals surface area contributed by atoms with E-state index in [-0.39, 0.29) is 5.91 Å². The SMILES string of the molecule is C=CCOc1c(Br)cc(/C=C2/C(=O)Nc3ccccc32)cc1OC. The molecular formula is C19H16BrNO3. The van der Waals surface area contributed by atoms with Crippen LogP contribution in [-0.4, -0.2) is 19.6 Å². The Morgan fingerprint density at radius 1 is 1.29 bits per heavy atom. The molecule has 1 aliphatic heterocycles. The van der Waals surface area contributed by atoms with Crippen molar-refractivity contribution in [1.29, 1.82) is 0 Å². The molecular weight excluding hydrogens is 370 g/mol. The first-order chi connectivity index (χ1) is 11.6. The quantitative estimate of drug-likeness (QED) is 0.608. The van der Waals surface area contributed by atoms with E-state index in [1.165, 1.54) is 0 Å². The summed E-state index contributed by atoms with van der Waals surface area (Å²) in [5, 5.41) is 2.86. The summed E-state index contributed by atoms with van der Waals surface area (Å²) in [6, 6.07) is 11.3. The molecule has 3 rings (SSSR count). The number of fused-ring (bicyclic) bond motifs is 1. The van der Waals surface area contributed by atoms with Crippen LogP contribution in [0.25, 0.3) is 11.6 Å². The molecule has 24 heavy (non-hydrogen) atoms. The number of methoxy groups -OCH3 is 1. The summed E-state index contributed by atoms with van der Waals surface area (Å²) >= 11 is 3.50. The van der Waals surface area contributed by atoms with Crippen molar-refractivity contribution in [2.24, 2.45) is 0 Å². The van der Waals surface area contributed by atoms with Gasteiger partial charge in [-0.1, -0.05) is 30.9 Å². The lowest BCUT2D eigenvalue weighted by Gasteiger charge is -2.12. The number of nitrogens with one attached hydrogen (secondary N) is 1. The van der Waals surface area contributed by atoms with E-state index in [1.807, 2.05) is 42.5 Å². The minimum Gasteiger partial charge on any atom is -0.493 e. The zero-order valence-electron chi connectivity index (χ0n) is 13.1. The Labute approximate surface area is 148 Å². The molecule has 2 aromatic carbocycles. The molecule has 0 fully saturated rings. The lowest BCUT2D eigenvalue weighted by Crippen LogP contribution is -2.03. The molecule has 122 valence electrons. The highest BCUT2D eigenvalue weighted by Gasteiger charge is 2.23. The molecule has 0 aromatic heterocycles. The molecule has 2 aromatic rings. The molecule has 1 N–H and O–H groups in total. The third kappa shape index (κ3) is 3.08. The first kappa shape index (κ1) is 16.3. The highest BCUT2D eigenvalue weighted by atomic mass is 79.9. The van der Waals surface area contributed by atoms with Gasteiger partial charge in [-0.05, 0) is 45.8 Å². The van der Waals surface area contributed by atoms with E-state index >= 15 is 0 Å². The Morgan fingerprint density at radius 3 is 2.83 bits per heavy atom. The predicted octanol–water partition coefficient (Wildman–Crippen LogP) is 4.52. The number of carbonyl (C=O) groups excluding carboxylic acids is 1. The molecule has 0 saturated carbocycles. The maximum absolute atomic E-state index is 12.2. The smallest absolute Gasteiger partial charge is 0.256 e. The number of hydrogen-bond donors (Lipinski definition) is 1. The zero-order valence-corrected chi connectivity index (χ0v) is 14.7. The Kier molecular flexibility index (Phi) is 4.71. The van der Waals surface area contributed by atoms with Gasteiger partial charge in [-0.15, -0.1) is 0 Å². The number of anilines is 1. The second kappa shape index (κ2) is 6.93. The zero-order chi connectivity index (χ0) is 17.1. The van der Waals surface area contributed by atoms with Crippen LogP contribution in [0.4, 0.5) is 5.69 Å². The van der Waals surface area contributed by atoms with Crippen LogP contribution < -0.4 is 14.8 Å². The van der Waals surface area contributed by atoms with E-state index in [4.69, 9.17) is 9.47 Å². The number of para-hydroxylation sites is 1. The number of hydrogen-bond acceptors (Lipinski definition) is 3. The third-order valence-electron chi connectivity index (χ3n) is 3.62. The molecule has 0 aliphatic carbocycles. The molecule has 0 atom stereocenters. The molecule has 1 aliphatic rings. The highest BCUT2D eigenvalue weighted by Crippen LogP contribution is 2.39. The maximum atomic E-state index is 12.2. The van der Waals surface area contributed by atoms with Gasteiger partial charge in [-0.25, -0.2) is 0 Å². The fourth-order valence-electron chi connectivity index (χ4n) is 2.55. The van der Waals surface area contributed by atoms with Gasteiger partial charge in [0, 0.05) is 16.8 Å². The standard InChI is InChI=1S/C19H16BrNO3/c1-3-8-24-18-15(20)10-12(11-17(18)23-2)9-14-13-6-4-5-7-16(13)21-19(14)22/h3-7,9-11H,1,8H2,2H3,(H,21,22)/b14-9+. The molecule has 1 amide bonds. The molecule has 4 nitrogen and oxygen atoms in total. The van der Waals surface area contributed by atoms with Gasteiger partial charge in [0.2, 0.25) is 0 Å². The lowest BCUT2D eigenvalue weighted by molar-refractivity contribution is -0.110. The van der Waals surface area contributed by atoms with Gasteiger partial charge in [0.1, 0.15) is 6.61 Å². The average Bonchev–Trinajstić information content (AvgIpc) is 2.89. The number of benzene rings is 2. The van der Waals surface area contributed by atoms with E-state index in [1.54, 1.807) is 13.2 Å². The van der Waals surface area contributed by atoms with Crippen molar-refractivity contribution >= 4 is 39.2 Å². The molecule has 0 bridgehead atoms. The van der Waals surface area contributed by atoms with Crippen LogP contribution in [0.2, 0.25) is 0 Å². The van der Waals surface area contributed by atoms with Crippen LogP contribution in [-0.2, 0) is 4.79 Å². The van der Waals surface area contributed by atoms with Crippen molar-refractivity contribution in [3.8, 4) is 11.5 Å². The summed E-state index contributed by atoms with van der Waals surface area (Å²) in [6.45, 7) is 4.02. The van der Waals surface area contributed by atoms with Crippen LogP contribution in [0.3, 0.4) is 0 Å². The molecule has 0 spiro atoms. The van der Waals surface area contributed by atoms with Crippen molar-refractivity contribution in [2.45, 2.75) is 0 Å². The van der Waals surface area contributed by atoms with Crippen LogP contribution >= 0.6 is 15.9 Å². The fourth-order valence-corrected chi connectivity index (χ4v) is 3.13. The number of halogens is 1. The van der Waals surface area contributed by atoms with Gasteiger partial charge in [0.05, 0.1) is 11.6 Å². The summed E-state index contributed by atoms with van der Waals surface area (Å²) in [7, 11) is 1.58. The third-order valence-corrected chi connectivity index (χ3v) is 4.21. The first-order valence-electron chi connectivity index (χ1n) is 7.37. The largest absolute Gasteiger partial charge is 0.493 e. The monoisotopic (exact) mass is 385 g/mol. The van der Waals surface area contributed by atoms with E-state index in [9.17, 15) is 4.79 Å². The van der Waals surface area contributed by atoms with E-state index in [0.717, 1.165) is 21.3 Å². The van der Waals surface area contributed by atoms with E-state index in [2.05, 4.69) is 27.8 Å². The first-order valence-corrected chi connectivity index (χ1v) is 8.17. The van der Waals surface area contributed by atoms with Crippen molar-refractivity contribution in [3.05, 3.63) is 64.7 Å². The summed E-state index contributed by atoms with van der Waals surface area (Å²) in [4.78, 5) is 12.2. The molecule has 0 unspecified atom stereocenters. The Balaban J connectivity index is 2.03. The van der Waals surface area contributed by atoms with Crippen molar-refractivity contribution in [3.63, 3.8) is 0 Å². The Bertz CT molecular complexity index is 843. The van der Waals surface area contributed by atoms with Crippen LogP contribution in [0.5, 0.6) is 11.5 Å². The molecule has 5 heteroatoms. The number of rotatable bonds is 5. The van der Waals surface area contributed by atoms with E-state index < -0.39 is 0 Å². The minimum atomic E-state index is -0.113. The van der Waals surface area contributed by atoms with Gasteiger partial charge in [0.15, 0.2) is 11.5 Å². The van der Waals surface area contributed by atoms with Crippen molar-refractivity contribution in [2.75, 3.05) is 19.0 Å². The van der Waals surface area contributed by atoms with Gasteiger partial charge in [-0.3, -0.25) is 4.79 Å². The van der Waals surface area contributed by atoms with Crippen molar-refractivity contribution < 1.29 is 14.3 Å².